The van der Waals surface area contributed by atoms with E-state index < -0.39 is 12.1 Å². The van der Waals surface area contributed by atoms with Gasteiger partial charge in [-0.15, -0.1) is 12.4 Å². The van der Waals surface area contributed by atoms with Crippen molar-refractivity contribution in [3.05, 3.63) is 35.1 Å². The summed E-state index contributed by atoms with van der Waals surface area (Å²) in [5, 5.41) is 9.85. The van der Waals surface area contributed by atoms with Crippen molar-refractivity contribution < 1.29 is 9.50 Å². The summed E-state index contributed by atoms with van der Waals surface area (Å²) in [4.78, 5) is 0. The Bertz CT molecular complexity index is 368. The van der Waals surface area contributed by atoms with E-state index in [0.717, 1.165) is 18.4 Å². The quantitative estimate of drug-likeness (QED) is 0.859. The van der Waals surface area contributed by atoms with Gasteiger partial charge in [-0.2, -0.15) is 0 Å². The Labute approximate surface area is 101 Å². The van der Waals surface area contributed by atoms with Gasteiger partial charge in [0.1, 0.15) is 5.82 Å². The molecule has 1 aromatic rings. The molecule has 4 heteroatoms. The minimum Gasteiger partial charge on any atom is -0.391 e. The van der Waals surface area contributed by atoms with Crippen molar-refractivity contribution in [1.29, 1.82) is 0 Å². The molecule has 2 rings (SSSR count). The summed E-state index contributed by atoms with van der Waals surface area (Å²) in [6.07, 6.45) is 1.61. The van der Waals surface area contributed by atoms with Crippen molar-refractivity contribution in [2.45, 2.75) is 31.9 Å². The molecule has 0 unspecified atom stereocenters. The van der Waals surface area contributed by atoms with Crippen LogP contribution in [0.3, 0.4) is 0 Å². The van der Waals surface area contributed by atoms with E-state index in [1.165, 1.54) is 6.07 Å². The Morgan fingerprint density at radius 2 is 2.06 bits per heavy atom. The van der Waals surface area contributed by atoms with Crippen molar-refractivity contribution >= 4 is 12.4 Å². The average Bonchev–Trinajstić information content (AvgIpc) is 3.03. The SMILES string of the molecule is Cc1cc([C@@H](N)[C@@H](O)C2CC2)ccc1F.Cl. The Balaban J connectivity index is 0.00000128. The fraction of sp³-hybridized carbons (Fsp3) is 0.500. The van der Waals surface area contributed by atoms with Crippen LogP contribution in [0, 0.1) is 18.7 Å². The number of aryl methyl sites for hydroxylation is 1. The average molecular weight is 246 g/mol. The van der Waals surface area contributed by atoms with Gasteiger partial charge in [0.25, 0.3) is 0 Å². The maximum Gasteiger partial charge on any atom is 0.126 e. The molecule has 0 saturated heterocycles. The summed E-state index contributed by atoms with van der Waals surface area (Å²) in [7, 11) is 0. The lowest BCUT2D eigenvalue weighted by atomic mass is 9.97. The lowest BCUT2D eigenvalue weighted by molar-refractivity contribution is 0.122. The Kier molecular flexibility index (Phi) is 4.30. The highest BCUT2D eigenvalue weighted by atomic mass is 35.5. The third-order valence-electron chi connectivity index (χ3n) is 3.04. The van der Waals surface area contributed by atoms with E-state index in [1.54, 1.807) is 19.1 Å². The minimum atomic E-state index is -0.491. The van der Waals surface area contributed by atoms with Crippen LogP contribution < -0.4 is 5.73 Å². The number of rotatable bonds is 3. The van der Waals surface area contributed by atoms with E-state index in [9.17, 15) is 9.50 Å². The van der Waals surface area contributed by atoms with Gasteiger partial charge < -0.3 is 10.8 Å². The van der Waals surface area contributed by atoms with Gasteiger partial charge in [0.05, 0.1) is 12.1 Å². The van der Waals surface area contributed by atoms with Gasteiger partial charge in [-0.25, -0.2) is 4.39 Å². The van der Waals surface area contributed by atoms with Crippen LogP contribution in [-0.2, 0) is 0 Å². The number of halogens is 2. The van der Waals surface area contributed by atoms with Gasteiger partial charge in [-0.05, 0) is 42.9 Å². The Morgan fingerprint density at radius 3 is 2.56 bits per heavy atom. The molecule has 3 N–H and O–H groups in total. The Hall–Kier alpha value is -0.640. The monoisotopic (exact) mass is 245 g/mol. The lowest BCUT2D eigenvalue weighted by Crippen LogP contribution is -2.27. The van der Waals surface area contributed by atoms with Crippen LogP contribution in [0.15, 0.2) is 18.2 Å². The summed E-state index contributed by atoms with van der Waals surface area (Å²) in [6.45, 7) is 1.70. The molecule has 0 spiro atoms. The van der Waals surface area contributed by atoms with E-state index in [0.29, 0.717) is 11.5 Å². The summed E-state index contributed by atoms with van der Waals surface area (Å²) in [6, 6.07) is 4.38. The van der Waals surface area contributed by atoms with Crippen LogP contribution in [0.4, 0.5) is 4.39 Å². The molecule has 0 heterocycles. The molecule has 1 saturated carbocycles. The largest absolute Gasteiger partial charge is 0.391 e. The van der Waals surface area contributed by atoms with Gasteiger partial charge in [-0.3, -0.25) is 0 Å². The number of hydrogen-bond acceptors (Lipinski definition) is 2. The highest BCUT2D eigenvalue weighted by Crippen LogP contribution is 2.37. The molecule has 0 aromatic heterocycles. The molecular weight excluding hydrogens is 229 g/mol. The molecular formula is C12H17ClFNO. The maximum atomic E-state index is 13.0. The van der Waals surface area contributed by atoms with Crippen LogP contribution in [0.5, 0.6) is 0 Å². The zero-order chi connectivity index (χ0) is 11.0. The van der Waals surface area contributed by atoms with Crippen molar-refractivity contribution in [2.75, 3.05) is 0 Å². The fourth-order valence-electron chi connectivity index (χ4n) is 1.80. The molecule has 1 aromatic carbocycles. The molecule has 0 aliphatic heterocycles. The zero-order valence-electron chi connectivity index (χ0n) is 9.19. The molecule has 0 amide bonds. The van der Waals surface area contributed by atoms with E-state index in [-0.39, 0.29) is 18.2 Å². The van der Waals surface area contributed by atoms with Gasteiger partial charge in [-0.1, -0.05) is 12.1 Å². The summed E-state index contributed by atoms with van der Waals surface area (Å²) >= 11 is 0. The molecule has 1 fully saturated rings. The van der Waals surface area contributed by atoms with Crippen LogP contribution >= 0.6 is 12.4 Å². The van der Waals surface area contributed by atoms with Crippen molar-refractivity contribution in [2.24, 2.45) is 11.7 Å². The standard InChI is InChI=1S/C12H16FNO.ClH/c1-7-6-9(4-5-10(7)13)11(14)12(15)8-2-3-8;/h4-6,8,11-12,15H,2-3,14H2,1H3;1H/t11-,12+;/m1./s1. The third kappa shape index (κ3) is 2.73. The number of hydrogen-bond donors (Lipinski definition) is 2. The van der Waals surface area contributed by atoms with Crippen LogP contribution in [0.1, 0.15) is 30.0 Å². The second kappa shape index (κ2) is 5.13. The number of aliphatic hydroxyl groups is 1. The first-order valence-electron chi connectivity index (χ1n) is 5.29. The second-order valence-corrected chi connectivity index (χ2v) is 4.36. The highest BCUT2D eigenvalue weighted by molar-refractivity contribution is 5.85. The molecule has 16 heavy (non-hydrogen) atoms. The summed E-state index contributed by atoms with van der Waals surface area (Å²) in [5.74, 6) is 0.109. The van der Waals surface area contributed by atoms with E-state index in [4.69, 9.17) is 5.73 Å². The van der Waals surface area contributed by atoms with Gasteiger partial charge in [0.2, 0.25) is 0 Å². The second-order valence-electron chi connectivity index (χ2n) is 4.36. The summed E-state index contributed by atoms with van der Waals surface area (Å²) < 4.78 is 13.0. The predicted octanol–water partition coefficient (Wildman–Crippen LogP) is 2.33. The van der Waals surface area contributed by atoms with Crippen LogP contribution in [0.25, 0.3) is 0 Å². The zero-order valence-corrected chi connectivity index (χ0v) is 10.0. The number of benzene rings is 1. The van der Waals surface area contributed by atoms with Gasteiger partial charge >= 0.3 is 0 Å². The fourth-order valence-corrected chi connectivity index (χ4v) is 1.80. The molecule has 2 nitrogen and oxygen atoms in total. The Morgan fingerprint density at radius 1 is 1.44 bits per heavy atom. The van der Waals surface area contributed by atoms with E-state index >= 15 is 0 Å². The lowest BCUT2D eigenvalue weighted by Gasteiger charge is -2.19. The maximum absolute atomic E-state index is 13.0. The molecule has 2 atom stereocenters. The van der Waals surface area contributed by atoms with Gasteiger partial charge in [0.15, 0.2) is 0 Å². The first-order valence-corrected chi connectivity index (χ1v) is 5.29. The number of nitrogens with two attached hydrogens (primary N) is 1. The molecule has 1 aliphatic rings. The topological polar surface area (TPSA) is 46.2 Å². The summed E-state index contributed by atoms with van der Waals surface area (Å²) in [5.41, 5.74) is 7.31. The molecule has 0 bridgehead atoms. The van der Waals surface area contributed by atoms with Crippen LogP contribution in [-0.4, -0.2) is 11.2 Å². The molecule has 90 valence electrons. The van der Waals surface area contributed by atoms with E-state index in [1.807, 2.05) is 0 Å². The van der Waals surface area contributed by atoms with Gasteiger partial charge in [0, 0.05) is 0 Å². The van der Waals surface area contributed by atoms with Crippen LogP contribution in [0.2, 0.25) is 0 Å². The first kappa shape index (κ1) is 13.4. The number of aliphatic hydroxyl groups excluding tert-OH is 1. The molecule has 1 aliphatic carbocycles. The normalized spacial score (nSPS) is 18.8. The van der Waals surface area contributed by atoms with Crippen molar-refractivity contribution in [1.82, 2.24) is 0 Å². The van der Waals surface area contributed by atoms with E-state index in [2.05, 4.69) is 0 Å². The van der Waals surface area contributed by atoms with Crippen molar-refractivity contribution in [3.63, 3.8) is 0 Å². The first-order chi connectivity index (χ1) is 7.09. The molecule has 0 radical (unpaired) electrons. The third-order valence-corrected chi connectivity index (χ3v) is 3.04. The predicted molar refractivity (Wildman–Crippen MR) is 64.0 cm³/mol. The highest BCUT2D eigenvalue weighted by Gasteiger charge is 2.34. The van der Waals surface area contributed by atoms with Crippen molar-refractivity contribution in [3.8, 4) is 0 Å². The minimum absolute atomic E-state index is 0. The smallest absolute Gasteiger partial charge is 0.126 e.